The summed E-state index contributed by atoms with van der Waals surface area (Å²) in [5.41, 5.74) is -0.103. The third-order valence-electron chi connectivity index (χ3n) is 5.00. The molecule has 3 aromatic rings. The van der Waals surface area contributed by atoms with Gasteiger partial charge in [-0.1, -0.05) is 60.7 Å². The number of nitrogens with zero attached hydrogens (tertiary/aromatic N) is 1. The molecule has 0 saturated carbocycles. The first-order chi connectivity index (χ1) is 16.1. The third-order valence-corrected chi connectivity index (χ3v) is 6.85. The highest BCUT2D eigenvalue weighted by Gasteiger charge is 2.39. The summed E-state index contributed by atoms with van der Waals surface area (Å²) in [7, 11) is -3.20. The van der Waals surface area contributed by atoms with Crippen LogP contribution in [-0.4, -0.2) is 32.3 Å². The first-order valence-corrected chi connectivity index (χ1v) is 11.7. The molecule has 0 aromatic heterocycles. The number of para-hydroxylation sites is 1. The van der Waals surface area contributed by atoms with E-state index >= 15 is 0 Å². The van der Waals surface area contributed by atoms with Gasteiger partial charge in [-0.2, -0.15) is 17.5 Å². The van der Waals surface area contributed by atoms with Crippen LogP contribution < -0.4 is 10.1 Å². The minimum absolute atomic E-state index is 0.0568. The van der Waals surface area contributed by atoms with E-state index < -0.39 is 39.1 Å². The largest absolute Gasteiger partial charge is 0.496 e. The van der Waals surface area contributed by atoms with Gasteiger partial charge in [0, 0.05) is 18.7 Å². The molecule has 0 spiro atoms. The molecule has 0 radical (unpaired) electrons. The van der Waals surface area contributed by atoms with E-state index in [-0.39, 0.29) is 13.1 Å². The molecule has 0 heterocycles. The Labute approximate surface area is 196 Å². The number of hydrogen-bond donors (Lipinski definition) is 1. The number of methoxy groups -OCH3 is 1. The molecule has 1 N–H and O–H groups in total. The summed E-state index contributed by atoms with van der Waals surface area (Å²) >= 11 is 0. The zero-order valence-corrected chi connectivity index (χ0v) is 19.1. The number of rotatable bonds is 9. The van der Waals surface area contributed by atoms with Crippen LogP contribution in [0.1, 0.15) is 16.7 Å². The van der Waals surface area contributed by atoms with Gasteiger partial charge in [-0.3, -0.25) is 4.79 Å². The van der Waals surface area contributed by atoms with Crippen molar-refractivity contribution in [3.05, 3.63) is 95.6 Å². The molecule has 0 aliphatic carbocycles. The zero-order valence-electron chi connectivity index (χ0n) is 18.2. The van der Waals surface area contributed by atoms with Gasteiger partial charge in [-0.15, -0.1) is 0 Å². The van der Waals surface area contributed by atoms with E-state index in [1.165, 1.54) is 13.2 Å². The van der Waals surface area contributed by atoms with Crippen molar-refractivity contribution in [1.82, 2.24) is 9.62 Å². The predicted octanol–water partition coefficient (Wildman–Crippen LogP) is 4.22. The lowest BCUT2D eigenvalue weighted by atomic mass is 10.2. The van der Waals surface area contributed by atoms with E-state index in [1.54, 1.807) is 54.6 Å². The Kier molecular flexibility index (Phi) is 7.95. The van der Waals surface area contributed by atoms with Crippen molar-refractivity contribution in [2.75, 3.05) is 13.7 Å². The number of alkyl halides is 3. The normalized spacial score (nSPS) is 11.9. The summed E-state index contributed by atoms with van der Waals surface area (Å²) < 4.78 is 73.3. The van der Waals surface area contributed by atoms with Crippen LogP contribution in [0.25, 0.3) is 0 Å². The summed E-state index contributed by atoms with van der Waals surface area (Å²) in [6.45, 7) is -0.892. The van der Waals surface area contributed by atoms with Crippen LogP contribution >= 0.6 is 0 Å². The molecule has 10 heteroatoms. The van der Waals surface area contributed by atoms with Crippen LogP contribution in [0.3, 0.4) is 0 Å². The van der Waals surface area contributed by atoms with Gasteiger partial charge >= 0.3 is 6.18 Å². The van der Waals surface area contributed by atoms with Crippen LogP contribution in [0, 0.1) is 0 Å². The molecular weight excluding hydrogens is 469 g/mol. The van der Waals surface area contributed by atoms with E-state index in [0.717, 1.165) is 16.4 Å². The van der Waals surface area contributed by atoms with Gasteiger partial charge in [0.25, 0.3) is 0 Å². The summed E-state index contributed by atoms with van der Waals surface area (Å²) in [6.07, 6.45) is -4.88. The predicted molar refractivity (Wildman–Crippen MR) is 120 cm³/mol. The molecule has 0 fully saturated rings. The molecule has 6 nitrogen and oxygen atoms in total. The zero-order chi connectivity index (χ0) is 24.8. The number of sulfonamides is 1. The standard InChI is InChI=1S/C24H23F3N2O4S/c1-33-21-13-7-5-11-19(21)15-28-23(30)17-29(16-18-9-3-2-4-10-18)34(31,32)22-14-8-6-12-20(22)24(25,26)27/h2-14H,15-17H2,1H3,(H,28,30). The lowest BCUT2D eigenvalue weighted by molar-refractivity contribution is -0.139. The second-order valence-corrected chi connectivity index (χ2v) is 9.25. The highest BCUT2D eigenvalue weighted by molar-refractivity contribution is 7.89. The molecule has 0 atom stereocenters. The van der Waals surface area contributed by atoms with Crippen molar-refractivity contribution < 1.29 is 31.1 Å². The fraction of sp³-hybridized carbons (Fsp3) is 0.208. The van der Waals surface area contributed by atoms with Crippen LogP contribution in [0.4, 0.5) is 13.2 Å². The molecule has 0 aliphatic heterocycles. The van der Waals surface area contributed by atoms with Gasteiger partial charge in [0.05, 0.1) is 24.1 Å². The average Bonchev–Trinajstić information content (AvgIpc) is 2.82. The van der Waals surface area contributed by atoms with Gasteiger partial charge in [0.1, 0.15) is 5.75 Å². The summed E-state index contributed by atoms with van der Waals surface area (Å²) in [5.74, 6) is -0.134. The lowest BCUT2D eigenvalue weighted by Gasteiger charge is -2.24. The molecule has 1 amide bonds. The second-order valence-electron chi connectivity index (χ2n) is 7.34. The number of benzene rings is 3. The first-order valence-electron chi connectivity index (χ1n) is 10.2. The fourth-order valence-electron chi connectivity index (χ4n) is 3.34. The van der Waals surface area contributed by atoms with E-state index in [2.05, 4.69) is 5.32 Å². The van der Waals surface area contributed by atoms with Crippen molar-refractivity contribution in [2.45, 2.75) is 24.2 Å². The molecule has 180 valence electrons. The van der Waals surface area contributed by atoms with Crippen LogP contribution in [0.15, 0.2) is 83.8 Å². The second kappa shape index (κ2) is 10.7. The summed E-state index contributed by atoms with van der Waals surface area (Å²) in [6, 6.07) is 19.2. The summed E-state index contributed by atoms with van der Waals surface area (Å²) in [4.78, 5) is 11.8. The van der Waals surface area contributed by atoms with Crippen molar-refractivity contribution in [1.29, 1.82) is 0 Å². The van der Waals surface area contributed by atoms with Crippen LogP contribution in [0.2, 0.25) is 0 Å². The third kappa shape index (κ3) is 6.15. The number of amides is 1. The average molecular weight is 493 g/mol. The molecule has 34 heavy (non-hydrogen) atoms. The van der Waals surface area contributed by atoms with E-state index in [9.17, 15) is 26.4 Å². The smallest absolute Gasteiger partial charge is 0.417 e. The van der Waals surface area contributed by atoms with Gasteiger partial charge in [0.2, 0.25) is 15.9 Å². The van der Waals surface area contributed by atoms with Gasteiger partial charge in [-0.25, -0.2) is 8.42 Å². The fourth-order valence-corrected chi connectivity index (χ4v) is 4.93. The Balaban J connectivity index is 1.89. The molecule has 0 saturated heterocycles. The molecule has 0 aliphatic rings. The molecular formula is C24H23F3N2O4S. The van der Waals surface area contributed by atoms with Gasteiger partial charge in [-0.05, 0) is 23.8 Å². The van der Waals surface area contributed by atoms with E-state index in [0.29, 0.717) is 22.9 Å². The highest BCUT2D eigenvalue weighted by Crippen LogP contribution is 2.35. The number of hydrogen-bond acceptors (Lipinski definition) is 4. The van der Waals surface area contributed by atoms with E-state index in [4.69, 9.17) is 4.74 Å². The van der Waals surface area contributed by atoms with Crippen molar-refractivity contribution in [3.8, 4) is 5.75 Å². The molecule has 3 rings (SSSR count). The summed E-state index contributed by atoms with van der Waals surface area (Å²) in [5, 5.41) is 2.61. The number of nitrogens with one attached hydrogen (secondary N) is 1. The number of carbonyl (C=O) groups is 1. The Bertz CT molecular complexity index is 1230. The first kappa shape index (κ1) is 25.3. The maximum atomic E-state index is 13.5. The van der Waals surface area contributed by atoms with Crippen LogP contribution in [-0.2, 0) is 34.1 Å². The molecule has 0 bridgehead atoms. The van der Waals surface area contributed by atoms with Gasteiger partial charge in [0.15, 0.2) is 0 Å². The maximum Gasteiger partial charge on any atom is 0.417 e. The van der Waals surface area contributed by atoms with Crippen molar-refractivity contribution in [2.24, 2.45) is 0 Å². The Morgan fingerprint density at radius 1 is 0.941 bits per heavy atom. The Morgan fingerprint density at radius 2 is 1.56 bits per heavy atom. The SMILES string of the molecule is COc1ccccc1CNC(=O)CN(Cc1ccccc1)S(=O)(=O)c1ccccc1C(F)(F)F. The number of carbonyl (C=O) groups excluding carboxylic acids is 1. The molecule has 0 unspecified atom stereocenters. The topological polar surface area (TPSA) is 75.7 Å². The number of halogens is 3. The monoisotopic (exact) mass is 492 g/mol. The van der Waals surface area contributed by atoms with Crippen LogP contribution in [0.5, 0.6) is 5.75 Å². The Hall–Kier alpha value is -3.37. The Morgan fingerprint density at radius 3 is 2.24 bits per heavy atom. The quantitative estimate of drug-likeness (QED) is 0.485. The lowest BCUT2D eigenvalue weighted by Crippen LogP contribution is -2.40. The van der Waals surface area contributed by atoms with Crippen molar-refractivity contribution >= 4 is 15.9 Å². The maximum absolute atomic E-state index is 13.5. The minimum Gasteiger partial charge on any atom is -0.496 e. The molecule has 3 aromatic carbocycles. The highest BCUT2D eigenvalue weighted by atomic mass is 32.2. The van der Waals surface area contributed by atoms with Gasteiger partial charge < -0.3 is 10.1 Å². The number of ether oxygens (including phenoxy) is 1. The minimum atomic E-state index is -4.88. The van der Waals surface area contributed by atoms with E-state index in [1.807, 2.05) is 0 Å². The van der Waals surface area contributed by atoms with Crippen molar-refractivity contribution in [3.63, 3.8) is 0 Å².